The summed E-state index contributed by atoms with van der Waals surface area (Å²) in [5.41, 5.74) is 2.23. The number of carbonyl (C=O) groups excluding carboxylic acids is 2. The molecule has 1 N–H and O–H groups in total. The summed E-state index contributed by atoms with van der Waals surface area (Å²) in [7, 11) is 1.63. The van der Waals surface area contributed by atoms with Crippen LogP contribution in [0.5, 0.6) is 5.75 Å². The molecule has 2 aromatic rings. The summed E-state index contributed by atoms with van der Waals surface area (Å²) in [4.78, 5) is 27.0. The Bertz CT molecular complexity index is 845. The number of hydrogen-bond donors (Lipinski definition) is 1. The molecule has 0 spiro atoms. The number of methoxy groups -OCH3 is 1. The number of nitrogens with zero attached hydrogens (tertiary/aromatic N) is 1. The van der Waals surface area contributed by atoms with Crippen molar-refractivity contribution in [2.24, 2.45) is 5.92 Å². The number of aryl methyl sites for hydroxylation is 1. The second-order valence-electron chi connectivity index (χ2n) is 8.54. The van der Waals surface area contributed by atoms with Gasteiger partial charge in [0.25, 0.3) is 0 Å². The topological polar surface area (TPSA) is 58.6 Å². The Labute approximate surface area is 185 Å². The van der Waals surface area contributed by atoms with Crippen molar-refractivity contribution in [1.29, 1.82) is 0 Å². The SMILES string of the molecule is COc1ccccc1CC(=O)N1CCC(NC(=O)CC(C)CCc2ccccc2)CC1. The number of amides is 2. The van der Waals surface area contributed by atoms with Gasteiger partial charge in [-0.2, -0.15) is 0 Å². The summed E-state index contributed by atoms with van der Waals surface area (Å²) in [6.07, 6.45) is 4.53. The number of nitrogens with one attached hydrogen (secondary N) is 1. The van der Waals surface area contributed by atoms with E-state index >= 15 is 0 Å². The molecular formula is C26H34N2O3. The fraction of sp³-hybridized carbons (Fsp3) is 0.462. The van der Waals surface area contributed by atoms with Crippen LogP contribution in [0, 0.1) is 5.92 Å². The molecule has 0 bridgehead atoms. The number of hydrogen-bond acceptors (Lipinski definition) is 3. The van der Waals surface area contributed by atoms with Gasteiger partial charge in [-0.25, -0.2) is 0 Å². The van der Waals surface area contributed by atoms with Crippen molar-refractivity contribution in [3.8, 4) is 5.75 Å². The maximum absolute atomic E-state index is 12.7. The van der Waals surface area contributed by atoms with Crippen molar-refractivity contribution in [3.63, 3.8) is 0 Å². The van der Waals surface area contributed by atoms with Crippen LogP contribution in [-0.4, -0.2) is 43.0 Å². The third-order valence-electron chi connectivity index (χ3n) is 6.05. The van der Waals surface area contributed by atoms with Crippen LogP contribution in [-0.2, 0) is 22.4 Å². The predicted molar refractivity (Wildman–Crippen MR) is 123 cm³/mol. The zero-order valence-electron chi connectivity index (χ0n) is 18.7. The number of rotatable bonds is 9. The van der Waals surface area contributed by atoms with Crippen molar-refractivity contribution < 1.29 is 14.3 Å². The fourth-order valence-electron chi connectivity index (χ4n) is 4.16. The highest BCUT2D eigenvalue weighted by Gasteiger charge is 2.24. The van der Waals surface area contributed by atoms with E-state index in [-0.39, 0.29) is 17.9 Å². The van der Waals surface area contributed by atoms with Crippen LogP contribution < -0.4 is 10.1 Å². The third-order valence-corrected chi connectivity index (χ3v) is 6.05. The molecule has 3 rings (SSSR count). The highest BCUT2D eigenvalue weighted by Crippen LogP contribution is 2.20. The molecule has 1 atom stereocenters. The quantitative estimate of drug-likeness (QED) is 0.664. The van der Waals surface area contributed by atoms with Gasteiger partial charge in [0.2, 0.25) is 11.8 Å². The maximum Gasteiger partial charge on any atom is 0.227 e. The molecule has 1 heterocycles. The van der Waals surface area contributed by atoms with Crippen LogP contribution in [0.4, 0.5) is 0 Å². The van der Waals surface area contributed by atoms with Crippen LogP contribution in [0.15, 0.2) is 54.6 Å². The van der Waals surface area contributed by atoms with Gasteiger partial charge in [0.1, 0.15) is 5.75 Å². The van der Waals surface area contributed by atoms with Crippen LogP contribution >= 0.6 is 0 Å². The standard InChI is InChI=1S/C26H34N2O3/c1-20(12-13-21-8-4-3-5-9-21)18-25(29)27-23-14-16-28(17-15-23)26(30)19-22-10-6-7-11-24(22)31-2/h3-11,20,23H,12-19H2,1-2H3,(H,27,29). The molecule has 0 radical (unpaired) electrons. The van der Waals surface area contributed by atoms with Gasteiger partial charge in [0, 0.05) is 31.1 Å². The average Bonchev–Trinajstić information content (AvgIpc) is 2.79. The Balaban J connectivity index is 1.37. The van der Waals surface area contributed by atoms with E-state index in [0.29, 0.717) is 31.8 Å². The van der Waals surface area contributed by atoms with Gasteiger partial charge in [0.15, 0.2) is 0 Å². The lowest BCUT2D eigenvalue weighted by atomic mass is 9.97. The summed E-state index contributed by atoms with van der Waals surface area (Å²) in [5.74, 6) is 1.34. The van der Waals surface area contributed by atoms with Gasteiger partial charge >= 0.3 is 0 Å². The lowest BCUT2D eigenvalue weighted by Gasteiger charge is -2.32. The second-order valence-corrected chi connectivity index (χ2v) is 8.54. The predicted octanol–water partition coefficient (Wildman–Crippen LogP) is 4.00. The molecule has 166 valence electrons. The molecule has 1 unspecified atom stereocenters. The molecule has 1 aliphatic rings. The first-order valence-corrected chi connectivity index (χ1v) is 11.3. The molecule has 5 heteroatoms. The van der Waals surface area contributed by atoms with Gasteiger partial charge < -0.3 is 15.0 Å². The lowest BCUT2D eigenvalue weighted by molar-refractivity contribution is -0.131. The normalized spacial score (nSPS) is 15.4. The first kappa shape index (κ1) is 22.9. The van der Waals surface area contributed by atoms with Gasteiger partial charge in [0.05, 0.1) is 13.5 Å². The van der Waals surface area contributed by atoms with E-state index in [0.717, 1.165) is 37.0 Å². The number of ether oxygens (including phenoxy) is 1. The minimum Gasteiger partial charge on any atom is -0.496 e. The number of carbonyl (C=O) groups is 2. The van der Waals surface area contributed by atoms with E-state index in [1.165, 1.54) is 5.56 Å². The fourth-order valence-corrected chi connectivity index (χ4v) is 4.16. The molecule has 0 saturated carbocycles. The molecule has 5 nitrogen and oxygen atoms in total. The van der Waals surface area contributed by atoms with E-state index in [1.54, 1.807) is 7.11 Å². The number of likely N-dealkylation sites (tertiary alicyclic amines) is 1. The van der Waals surface area contributed by atoms with E-state index in [2.05, 4.69) is 36.5 Å². The summed E-state index contributed by atoms with van der Waals surface area (Å²) in [6.45, 7) is 3.51. The molecule has 31 heavy (non-hydrogen) atoms. The molecule has 1 saturated heterocycles. The largest absolute Gasteiger partial charge is 0.496 e. The van der Waals surface area contributed by atoms with Crippen molar-refractivity contribution >= 4 is 11.8 Å². The van der Waals surface area contributed by atoms with Crippen LogP contribution in [0.3, 0.4) is 0 Å². The van der Waals surface area contributed by atoms with Crippen LogP contribution in [0.25, 0.3) is 0 Å². The van der Waals surface area contributed by atoms with Crippen molar-refractivity contribution in [2.75, 3.05) is 20.2 Å². The summed E-state index contributed by atoms with van der Waals surface area (Å²) >= 11 is 0. The van der Waals surface area contributed by atoms with Crippen LogP contribution in [0.2, 0.25) is 0 Å². The highest BCUT2D eigenvalue weighted by molar-refractivity contribution is 5.80. The zero-order valence-corrected chi connectivity index (χ0v) is 18.7. The summed E-state index contributed by atoms with van der Waals surface area (Å²) in [6, 6.07) is 18.2. The summed E-state index contributed by atoms with van der Waals surface area (Å²) in [5, 5.41) is 3.18. The van der Waals surface area contributed by atoms with Crippen molar-refractivity contribution in [1.82, 2.24) is 10.2 Å². The number of benzene rings is 2. The first-order chi connectivity index (χ1) is 15.0. The van der Waals surface area contributed by atoms with E-state index in [4.69, 9.17) is 4.74 Å². The second kappa shape index (κ2) is 11.5. The molecule has 1 fully saturated rings. The zero-order chi connectivity index (χ0) is 22.1. The van der Waals surface area contributed by atoms with Gasteiger partial charge in [-0.3, -0.25) is 9.59 Å². The minimum atomic E-state index is 0.115. The van der Waals surface area contributed by atoms with Gasteiger partial charge in [-0.1, -0.05) is 55.5 Å². The van der Waals surface area contributed by atoms with E-state index in [1.807, 2.05) is 35.2 Å². The third kappa shape index (κ3) is 7.12. The monoisotopic (exact) mass is 422 g/mol. The van der Waals surface area contributed by atoms with Gasteiger partial charge in [-0.15, -0.1) is 0 Å². The molecule has 0 aliphatic carbocycles. The molecule has 2 aromatic carbocycles. The molecule has 1 aliphatic heterocycles. The molecular weight excluding hydrogens is 388 g/mol. The Morgan fingerprint density at radius 3 is 2.45 bits per heavy atom. The minimum absolute atomic E-state index is 0.115. The summed E-state index contributed by atoms with van der Waals surface area (Å²) < 4.78 is 5.35. The van der Waals surface area contributed by atoms with E-state index < -0.39 is 0 Å². The Kier molecular flexibility index (Phi) is 8.51. The Morgan fingerprint density at radius 2 is 1.74 bits per heavy atom. The van der Waals surface area contributed by atoms with Gasteiger partial charge in [-0.05, 0) is 43.2 Å². The van der Waals surface area contributed by atoms with Crippen LogP contribution in [0.1, 0.15) is 43.7 Å². The van der Waals surface area contributed by atoms with E-state index in [9.17, 15) is 9.59 Å². The number of para-hydroxylation sites is 1. The maximum atomic E-state index is 12.7. The smallest absolute Gasteiger partial charge is 0.227 e. The first-order valence-electron chi connectivity index (χ1n) is 11.3. The molecule has 0 aromatic heterocycles. The molecule has 2 amide bonds. The van der Waals surface area contributed by atoms with Crippen molar-refractivity contribution in [2.45, 2.75) is 51.5 Å². The lowest BCUT2D eigenvalue weighted by Crippen LogP contribution is -2.47. The number of piperidine rings is 1. The van der Waals surface area contributed by atoms with Crippen molar-refractivity contribution in [3.05, 3.63) is 65.7 Å². The average molecular weight is 423 g/mol. The Morgan fingerprint density at radius 1 is 1.06 bits per heavy atom. The Hall–Kier alpha value is -2.82. The highest BCUT2D eigenvalue weighted by atomic mass is 16.5.